The van der Waals surface area contributed by atoms with Crippen molar-refractivity contribution >= 4 is 83.8 Å². The van der Waals surface area contributed by atoms with E-state index in [1.165, 1.54) is 16.7 Å². The maximum absolute atomic E-state index is 12.8. The zero-order chi connectivity index (χ0) is 25.2. The lowest BCUT2D eigenvalue weighted by atomic mass is 10.0. The topological polar surface area (TPSA) is 76.8 Å². The van der Waals surface area contributed by atoms with Gasteiger partial charge in [-0.15, -0.1) is 0 Å². The number of fused-ring (bicyclic) bond motifs is 1. The molecule has 0 bridgehead atoms. The van der Waals surface area contributed by atoms with Gasteiger partial charge in [-0.1, -0.05) is 93.7 Å². The van der Waals surface area contributed by atoms with Gasteiger partial charge in [0.1, 0.15) is 10.1 Å². The van der Waals surface area contributed by atoms with Crippen LogP contribution in [0.15, 0.2) is 85.3 Å². The molecule has 1 aliphatic heterocycles. The number of hydrogen-bond acceptors (Lipinski definition) is 8. The zero-order valence-electron chi connectivity index (χ0n) is 18.4. The van der Waals surface area contributed by atoms with Crippen LogP contribution in [0.2, 0.25) is 0 Å². The number of thioether (sulfide) groups is 1. The van der Waals surface area contributed by atoms with Crippen LogP contribution in [-0.4, -0.2) is 27.6 Å². The number of esters is 1. The molecule has 1 aromatic heterocycles. The van der Waals surface area contributed by atoms with Gasteiger partial charge < -0.3 is 9.15 Å². The summed E-state index contributed by atoms with van der Waals surface area (Å²) in [4.78, 5) is 38.9. The van der Waals surface area contributed by atoms with Gasteiger partial charge in [0, 0.05) is 22.6 Å². The lowest BCUT2D eigenvalue weighted by molar-refractivity contribution is -0.134. The number of rotatable bonds is 6. The first-order valence-corrected chi connectivity index (χ1v) is 13.6. The second kappa shape index (κ2) is 10.5. The molecule has 10 heteroatoms. The van der Waals surface area contributed by atoms with Crippen molar-refractivity contribution in [3.8, 4) is 16.9 Å². The maximum Gasteiger partial charge on any atom is 0.396 e. The molecule has 0 atom stereocenters. The third-order valence-electron chi connectivity index (χ3n) is 5.30. The number of thiocarbonyl (C=S) groups is 1. The van der Waals surface area contributed by atoms with Crippen LogP contribution in [-0.2, 0) is 9.59 Å². The maximum atomic E-state index is 12.8. The molecule has 36 heavy (non-hydrogen) atoms. The SMILES string of the molecule is O=C(CCN1C(=O)C(=Cc2ccccc2)SC1=S)Oc1cc(-c2ccc(Br)cc2)c2oc(=O)sc2c1. The second-order valence-corrected chi connectivity index (χ2v) is 11.3. The fourth-order valence-corrected chi connectivity index (χ4v) is 5.93. The largest absolute Gasteiger partial charge is 0.426 e. The molecular formula is C26H16BrNO5S3. The standard InChI is InChI=1S/C26H16BrNO5S3/c27-17-8-6-16(7-9-17)19-13-18(14-20-23(19)33-26(31)36-20)32-22(29)10-11-28-24(30)21(35-25(28)34)12-15-4-2-1-3-5-15/h1-9,12-14H,10-11H2. The number of nitrogens with zero attached hydrogens (tertiary/aromatic N) is 1. The molecule has 180 valence electrons. The molecule has 6 nitrogen and oxygen atoms in total. The Kier molecular flexibility index (Phi) is 7.20. The van der Waals surface area contributed by atoms with Crippen LogP contribution in [0.3, 0.4) is 0 Å². The van der Waals surface area contributed by atoms with E-state index in [9.17, 15) is 14.4 Å². The summed E-state index contributed by atoms with van der Waals surface area (Å²) < 4.78 is 12.8. The summed E-state index contributed by atoms with van der Waals surface area (Å²) in [5.41, 5.74) is 2.79. The Morgan fingerprint density at radius 1 is 1.08 bits per heavy atom. The van der Waals surface area contributed by atoms with Crippen molar-refractivity contribution in [2.45, 2.75) is 6.42 Å². The third kappa shape index (κ3) is 5.36. The Hall–Kier alpha value is -3.05. The Morgan fingerprint density at radius 2 is 1.83 bits per heavy atom. The Labute approximate surface area is 227 Å². The number of ether oxygens (including phenoxy) is 1. The number of amides is 1. The molecule has 4 aromatic rings. The monoisotopic (exact) mass is 597 g/mol. The van der Waals surface area contributed by atoms with E-state index in [2.05, 4.69) is 15.9 Å². The van der Waals surface area contributed by atoms with E-state index in [1.54, 1.807) is 18.2 Å². The number of carbonyl (C=O) groups excluding carboxylic acids is 2. The van der Waals surface area contributed by atoms with Gasteiger partial charge in [-0.3, -0.25) is 14.5 Å². The number of halogens is 1. The van der Waals surface area contributed by atoms with Crippen molar-refractivity contribution in [2.24, 2.45) is 0 Å². The van der Waals surface area contributed by atoms with E-state index in [-0.39, 0.29) is 24.6 Å². The molecule has 0 aliphatic carbocycles. The van der Waals surface area contributed by atoms with Gasteiger partial charge in [0.25, 0.3) is 5.91 Å². The predicted molar refractivity (Wildman–Crippen MR) is 150 cm³/mol. The molecule has 3 aromatic carbocycles. The number of hydrogen-bond donors (Lipinski definition) is 0. The first kappa shape index (κ1) is 24.6. The summed E-state index contributed by atoms with van der Waals surface area (Å²) in [6.07, 6.45) is 1.74. The zero-order valence-corrected chi connectivity index (χ0v) is 22.5. The summed E-state index contributed by atoms with van der Waals surface area (Å²) in [6, 6.07) is 20.3. The van der Waals surface area contributed by atoms with Crippen LogP contribution >= 0.6 is 51.2 Å². The van der Waals surface area contributed by atoms with Gasteiger partial charge in [-0.25, -0.2) is 4.79 Å². The lowest BCUT2D eigenvalue weighted by Crippen LogP contribution is -2.31. The Morgan fingerprint density at radius 3 is 2.58 bits per heavy atom. The first-order valence-electron chi connectivity index (χ1n) is 10.7. The summed E-state index contributed by atoms with van der Waals surface area (Å²) >= 11 is 10.9. The molecule has 0 radical (unpaired) electrons. The highest BCUT2D eigenvalue weighted by Crippen LogP contribution is 2.36. The van der Waals surface area contributed by atoms with Gasteiger partial charge in [0.05, 0.1) is 16.0 Å². The minimum absolute atomic E-state index is 0.0433. The highest BCUT2D eigenvalue weighted by molar-refractivity contribution is 9.10. The molecule has 5 rings (SSSR count). The molecule has 0 unspecified atom stereocenters. The molecule has 0 saturated carbocycles. The van der Waals surface area contributed by atoms with E-state index in [4.69, 9.17) is 21.4 Å². The summed E-state index contributed by atoms with van der Waals surface area (Å²) in [5.74, 6) is -0.464. The van der Waals surface area contributed by atoms with Crippen LogP contribution in [0.4, 0.5) is 0 Å². The Bertz CT molecular complexity index is 1570. The summed E-state index contributed by atoms with van der Waals surface area (Å²) in [7, 11) is 0. The molecule has 1 saturated heterocycles. The van der Waals surface area contributed by atoms with Crippen molar-refractivity contribution in [1.29, 1.82) is 0 Å². The molecule has 0 N–H and O–H groups in total. The average molecular weight is 599 g/mol. The summed E-state index contributed by atoms with van der Waals surface area (Å²) in [5, 5.41) is 0. The first-order chi connectivity index (χ1) is 17.4. The normalized spacial score (nSPS) is 14.7. The van der Waals surface area contributed by atoms with Crippen LogP contribution in [0.25, 0.3) is 27.5 Å². The smallest absolute Gasteiger partial charge is 0.396 e. The van der Waals surface area contributed by atoms with E-state index in [1.807, 2.05) is 54.6 Å². The fraction of sp³-hybridized carbons (Fsp3) is 0.0769. The van der Waals surface area contributed by atoms with Gasteiger partial charge in [-0.05, 0) is 35.4 Å². The average Bonchev–Trinajstić information content (AvgIpc) is 3.36. The molecule has 2 heterocycles. The predicted octanol–water partition coefficient (Wildman–Crippen LogP) is 6.48. The van der Waals surface area contributed by atoms with Crippen molar-refractivity contribution in [3.05, 3.63) is 91.4 Å². The molecule has 0 spiro atoms. The van der Waals surface area contributed by atoms with Gasteiger partial charge in [-0.2, -0.15) is 0 Å². The second-order valence-electron chi connectivity index (χ2n) is 7.73. The quantitative estimate of drug-likeness (QED) is 0.109. The summed E-state index contributed by atoms with van der Waals surface area (Å²) in [6.45, 7) is 0.108. The highest BCUT2D eigenvalue weighted by atomic mass is 79.9. The Balaban J connectivity index is 1.30. The van der Waals surface area contributed by atoms with Crippen LogP contribution in [0.1, 0.15) is 12.0 Å². The van der Waals surface area contributed by atoms with Gasteiger partial charge in [0.15, 0.2) is 5.58 Å². The minimum Gasteiger partial charge on any atom is -0.426 e. The van der Waals surface area contributed by atoms with E-state index >= 15 is 0 Å². The number of benzene rings is 3. The molecular weight excluding hydrogens is 582 g/mol. The molecule has 1 aliphatic rings. The third-order valence-corrected chi connectivity index (χ3v) is 7.98. The number of carbonyl (C=O) groups is 2. The van der Waals surface area contributed by atoms with Crippen molar-refractivity contribution < 1.29 is 18.7 Å². The van der Waals surface area contributed by atoms with Crippen molar-refractivity contribution in [2.75, 3.05) is 6.54 Å². The van der Waals surface area contributed by atoms with Crippen LogP contribution in [0.5, 0.6) is 5.75 Å². The van der Waals surface area contributed by atoms with E-state index in [0.29, 0.717) is 25.1 Å². The minimum atomic E-state index is -0.520. The van der Waals surface area contributed by atoms with Gasteiger partial charge >= 0.3 is 10.9 Å². The van der Waals surface area contributed by atoms with Gasteiger partial charge in [0.2, 0.25) is 0 Å². The lowest BCUT2D eigenvalue weighted by Gasteiger charge is -2.14. The van der Waals surface area contributed by atoms with Crippen molar-refractivity contribution in [1.82, 2.24) is 4.90 Å². The highest BCUT2D eigenvalue weighted by Gasteiger charge is 2.32. The fourth-order valence-electron chi connectivity index (χ4n) is 3.63. The molecule has 1 amide bonds. The van der Waals surface area contributed by atoms with E-state index < -0.39 is 10.9 Å². The van der Waals surface area contributed by atoms with Crippen LogP contribution in [0, 0.1) is 0 Å². The van der Waals surface area contributed by atoms with E-state index in [0.717, 1.165) is 26.9 Å². The molecule has 1 fully saturated rings. The van der Waals surface area contributed by atoms with Crippen LogP contribution < -0.4 is 9.68 Å². The van der Waals surface area contributed by atoms with Crippen molar-refractivity contribution in [3.63, 3.8) is 0 Å².